The van der Waals surface area contributed by atoms with Crippen molar-refractivity contribution in [3.05, 3.63) is 46.7 Å². The van der Waals surface area contributed by atoms with Crippen molar-refractivity contribution in [1.82, 2.24) is 4.83 Å². The molecule has 0 saturated carbocycles. The Kier molecular flexibility index (Phi) is 4.75. The van der Waals surface area contributed by atoms with E-state index in [0.717, 1.165) is 4.88 Å². The zero-order valence-electron chi connectivity index (χ0n) is 10.8. The van der Waals surface area contributed by atoms with Gasteiger partial charge in [-0.3, -0.25) is 0 Å². The third-order valence-corrected chi connectivity index (χ3v) is 4.40. The average Bonchev–Trinajstić information content (AvgIpc) is 2.93. The van der Waals surface area contributed by atoms with E-state index in [-0.39, 0.29) is 4.90 Å². The maximum absolute atomic E-state index is 12.0. The van der Waals surface area contributed by atoms with Crippen LogP contribution in [0.2, 0.25) is 0 Å². The maximum Gasteiger partial charge on any atom is 0.276 e. The third-order valence-electron chi connectivity index (χ3n) is 2.35. The average molecular weight is 310 g/mol. The molecule has 106 valence electrons. The van der Waals surface area contributed by atoms with Crippen LogP contribution >= 0.6 is 11.3 Å². The number of ether oxygens (including phenoxy) is 1. The van der Waals surface area contributed by atoms with E-state index in [4.69, 9.17) is 4.74 Å². The number of hydrogen-bond acceptors (Lipinski definition) is 5. The largest absolute Gasteiger partial charge is 0.494 e. The van der Waals surface area contributed by atoms with E-state index in [1.807, 2.05) is 24.4 Å². The van der Waals surface area contributed by atoms with Crippen molar-refractivity contribution in [2.24, 2.45) is 5.10 Å². The van der Waals surface area contributed by atoms with Gasteiger partial charge in [0.2, 0.25) is 0 Å². The summed E-state index contributed by atoms with van der Waals surface area (Å²) in [4.78, 5) is 3.19. The summed E-state index contributed by atoms with van der Waals surface area (Å²) >= 11 is 1.48. The van der Waals surface area contributed by atoms with Crippen LogP contribution in [0.25, 0.3) is 0 Å². The molecular formula is C13H14N2O3S2. The van der Waals surface area contributed by atoms with Crippen molar-refractivity contribution >= 4 is 27.6 Å². The van der Waals surface area contributed by atoms with Gasteiger partial charge in [-0.15, -0.1) is 11.3 Å². The summed E-state index contributed by atoms with van der Waals surface area (Å²) in [5.41, 5.74) is 0. The lowest BCUT2D eigenvalue weighted by molar-refractivity contribution is 0.340. The first-order valence-corrected chi connectivity index (χ1v) is 8.29. The lowest BCUT2D eigenvalue weighted by Gasteiger charge is -2.05. The number of nitrogens with zero attached hydrogens (tertiary/aromatic N) is 1. The second-order valence-corrected chi connectivity index (χ2v) is 6.41. The third kappa shape index (κ3) is 3.82. The SMILES string of the molecule is CCOc1ccc(S(=O)(=O)N/N=C\c2cccs2)cc1. The molecule has 0 radical (unpaired) electrons. The molecule has 0 aliphatic rings. The minimum atomic E-state index is -3.64. The number of sulfonamides is 1. The molecule has 7 heteroatoms. The van der Waals surface area contributed by atoms with Crippen molar-refractivity contribution in [3.63, 3.8) is 0 Å². The van der Waals surface area contributed by atoms with E-state index in [1.54, 1.807) is 12.1 Å². The van der Waals surface area contributed by atoms with E-state index < -0.39 is 10.0 Å². The van der Waals surface area contributed by atoms with E-state index in [2.05, 4.69) is 9.93 Å². The summed E-state index contributed by atoms with van der Waals surface area (Å²) < 4.78 is 29.2. The first-order valence-electron chi connectivity index (χ1n) is 5.93. The summed E-state index contributed by atoms with van der Waals surface area (Å²) in [6, 6.07) is 9.90. The molecule has 20 heavy (non-hydrogen) atoms. The van der Waals surface area contributed by atoms with Gasteiger partial charge in [0.05, 0.1) is 17.7 Å². The first kappa shape index (κ1) is 14.5. The van der Waals surface area contributed by atoms with Crippen LogP contribution in [0.1, 0.15) is 11.8 Å². The van der Waals surface area contributed by atoms with Gasteiger partial charge in [0.25, 0.3) is 10.0 Å². The summed E-state index contributed by atoms with van der Waals surface area (Å²) in [6.45, 7) is 2.40. The molecular weight excluding hydrogens is 296 g/mol. The zero-order chi connectivity index (χ0) is 14.4. The number of thiophene rings is 1. The van der Waals surface area contributed by atoms with Gasteiger partial charge in [-0.2, -0.15) is 13.5 Å². The minimum absolute atomic E-state index is 0.143. The zero-order valence-corrected chi connectivity index (χ0v) is 12.4. The van der Waals surface area contributed by atoms with Crippen LogP contribution in [0.4, 0.5) is 0 Å². The fraction of sp³-hybridized carbons (Fsp3) is 0.154. The molecule has 1 heterocycles. The second kappa shape index (κ2) is 6.53. The van der Waals surface area contributed by atoms with Crippen LogP contribution < -0.4 is 9.57 Å². The van der Waals surface area contributed by atoms with Crippen LogP contribution in [0.3, 0.4) is 0 Å². The number of hydrazone groups is 1. The predicted molar refractivity (Wildman–Crippen MR) is 79.8 cm³/mol. The molecule has 0 bridgehead atoms. The standard InChI is InChI=1S/C13H14N2O3S2/c1-2-18-11-5-7-13(8-6-11)20(16,17)15-14-10-12-4-3-9-19-12/h3-10,15H,2H2,1H3/b14-10-. The Morgan fingerprint density at radius 1 is 1.30 bits per heavy atom. The van der Waals surface area contributed by atoms with Crippen LogP contribution in [0.15, 0.2) is 51.8 Å². The molecule has 2 aromatic rings. The molecule has 0 fully saturated rings. The van der Waals surface area contributed by atoms with Gasteiger partial charge in [0, 0.05) is 4.88 Å². The smallest absolute Gasteiger partial charge is 0.276 e. The summed E-state index contributed by atoms with van der Waals surface area (Å²) in [7, 11) is -3.64. The van der Waals surface area contributed by atoms with Gasteiger partial charge in [0.1, 0.15) is 5.75 Å². The molecule has 0 aliphatic carbocycles. The van der Waals surface area contributed by atoms with E-state index in [1.165, 1.54) is 29.7 Å². The molecule has 0 saturated heterocycles. The molecule has 5 nitrogen and oxygen atoms in total. The van der Waals surface area contributed by atoms with Crippen molar-refractivity contribution in [2.75, 3.05) is 6.61 Å². The molecule has 0 aliphatic heterocycles. The topological polar surface area (TPSA) is 67.8 Å². The normalized spacial score (nSPS) is 11.7. The molecule has 2 rings (SSSR count). The van der Waals surface area contributed by atoms with Gasteiger partial charge < -0.3 is 4.74 Å². The van der Waals surface area contributed by atoms with Crippen molar-refractivity contribution in [3.8, 4) is 5.75 Å². The molecule has 0 spiro atoms. The minimum Gasteiger partial charge on any atom is -0.494 e. The van der Waals surface area contributed by atoms with Gasteiger partial charge in [-0.25, -0.2) is 4.83 Å². The van der Waals surface area contributed by atoms with E-state index in [9.17, 15) is 8.42 Å². The molecule has 1 aromatic heterocycles. The molecule has 1 aromatic carbocycles. The molecule has 0 amide bonds. The molecule has 0 atom stereocenters. The highest BCUT2D eigenvalue weighted by Gasteiger charge is 2.12. The Labute approximate surface area is 122 Å². The number of rotatable bonds is 6. The lowest BCUT2D eigenvalue weighted by Crippen LogP contribution is -2.18. The van der Waals surface area contributed by atoms with Gasteiger partial charge in [-0.1, -0.05) is 6.07 Å². The Hall–Kier alpha value is -1.86. The summed E-state index contributed by atoms with van der Waals surface area (Å²) in [5.74, 6) is 0.633. The Balaban J connectivity index is 2.06. The van der Waals surface area contributed by atoms with E-state index in [0.29, 0.717) is 12.4 Å². The molecule has 1 N–H and O–H groups in total. The highest BCUT2D eigenvalue weighted by molar-refractivity contribution is 7.89. The number of benzene rings is 1. The van der Waals surface area contributed by atoms with Crippen molar-refractivity contribution in [1.29, 1.82) is 0 Å². The Morgan fingerprint density at radius 3 is 2.65 bits per heavy atom. The first-order chi connectivity index (χ1) is 9.62. The van der Waals surface area contributed by atoms with Crippen molar-refractivity contribution < 1.29 is 13.2 Å². The van der Waals surface area contributed by atoms with Gasteiger partial charge in [-0.05, 0) is 42.6 Å². The Bertz CT molecular complexity index is 662. The fourth-order valence-electron chi connectivity index (χ4n) is 1.46. The van der Waals surface area contributed by atoms with Crippen molar-refractivity contribution in [2.45, 2.75) is 11.8 Å². The number of hydrogen-bond donors (Lipinski definition) is 1. The van der Waals surface area contributed by atoms with Crippen LogP contribution in [0.5, 0.6) is 5.75 Å². The van der Waals surface area contributed by atoms with Gasteiger partial charge >= 0.3 is 0 Å². The summed E-state index contributed by atoms with van der Waals surface area (Å²) in [6.07, 6.45) is 1.47. The fourth-order valence-corrected chi connectivity index (χ4v) is 2.83. The highest BCUT2D eigenvalue weighted by atomic mass is 32.2. The predicted octanol–water partition coefficient (Wildman–Crippen LogP) is 2.46. The number of nitrogens with one attached hydrogen (secondary N) is 1. The monoisotopic (exact) mass is 310 g/mol. The highest BCUT2D eigenvalue weighted by Crippen LogP contribution is 2.15. The second-order valence-electron chi connectivity index (χ2n) is 3.77. The van der Waals surface area contributed by atoms with Gasteiger partial charge in [0.15, 0.2) is 0 Å². The van der Waals surface area contributed by atoms with Crippen LogP contribution in [0, 0.1) is 0 Å². The Morgan fingerprint density at radius 2 is 2.05 bits per heavy atom. The maximum atomic E-state index is 12.0. The quantitative estimate of drug-likeness (QED) is 0.658. The molecule has 0 unspecified atom stereocenters. The van der Waals surface area contributed by atoms with E-state index >= 15 is 0 Å². The summed E-state index contributed by atoms with van der Waals surface area (Å²) in [5, 5.41) is 5.63. The van der Waals surface area contributed by atoms with Crippen LogP contribution in [-0.4, -0.2) is 21.2 Å². The van der Waals surface area contributed by atoms with Crippen LogP contribution in [-0.2, 0) is 10.0 Å². The lowest BCUT2D eigenvalue weighted by atomic mass is 10.3.